The molecule has 0 radical (unpaired) electrons. The summed E-state index contributed by atoms with van der Waals surface area (Å²) < 4.78 is 10.2. The molecule has 0 aromatic heterocycles. The zero-order valence-electron chi connectivity index (χ0n) is 10.6. The summed E-state index contributed by atoms with van der Waals surface area (Å²) in [6.45, 7) is 8.43. The van der Waals surface area contributed by atoms with Crippen LogP contribution in [0, 0.1) is 5.92 Å². The molecule has 0 aliphatic carbocycles. The van der Waals surface area contributed by atoms with E-state index in [0.717, 1.165) is 0 Å². The Morgan fingerprint density at radius 1 is 1.31 bits per heavy atom. The van der Waals surface area contributed by atoms with Gasteiger partial charge in [-0.3, -0.25) is 4.79 Å². The maximum Gasteiger partial charge on any atom is 0.319 e. The number of aldehydes is 1. The molecule has 2 N–H and O–H groups in total. The Bertz CT molecular complexity index is 250. The van der Waals surface area contributed by atoms with Crippen LogP contribution in [0.4, 0.5) is 0 Å². The predicted molar refractivity (Wildman–Crippen MR) is 59.6 cm³/mol. The minimum Gasteiger partial charge on any atom is -0.459 e. The van der Waals surface area contributed by atoms with Crippen LogP contribution < -0.4 is 5.73 Å². The normalized spacial score (nSPS) is 14.4. The van der Waals surface area contributed by atoms with Gasteiger partial charge in [-0.25, -0.2) is 0 Å². The van der Waals surface area contributed by atoms with E-state index in [0.29, 0.717) is 6.29 Å². The SMILES string of the molecule is CC(C)(C)OC(=O)[C@H](C=O)COC(C)(C)N. The van der Waals surface area contributed by atoms with Crippen molar-refractivity contribution in [3.8, 4) is 0 Å². The van der Waals surface area contributed by atoms with Crippen LogP contribution in [0.2, 0.25) is 0 Å². The number of nitrogens with two attached hydrogens (primary N) is 1. The molecule has 0 saturated heterocycles. The Morgan fingerprint density at radius 2 is 1.81 bits per heavy atom. The van der Waals surface area contributed by atoms with Crippen LogP contribution in [-0.4, -0.2) is 30.2 Å². The van der Waals surface area contributed by atoms with Gasteiger partial charge in [0.1, 0.15) is 23.5 Å². The number of hydrogen-bond acceptors (Lipinski definition) is 5. The summed E-state index contributed by atoms with van der Waals surface area (Å²) in [7, 11) is 0. The smallest absolute Gasteiger partial charge is 0.319 e. The van der Waals surface area contributed by atoms with Crippen molar-refractivity contribution in [1.29, 1.82) is 0 Å². The summed E-state index contributed by atoms with van der Waals surface area (Å²) >= 11 is 0. The molecule has 0 rings (SSSR count). The molecule has 0 fully saturated rings. The first kappa shape index (κ1) is 15.1. The van der Waals surface area contributed by atoms with Crippen molar-refractivity contribution in [2.75, 3.05) is 6.61 Å². The number of rotatable bonds is 5. The van der Waals surface area contributed by atoms with Gasteiger partial charge in [-0.1, -0.05) is 0 Å². The topological polar surface area (TPSA) is 78.6 Å². The molecule has 5 nitrogen and oxygen atoms in total. The molecule has 0 aliphatic heterocycles. The third-order valence-corrected chi connectivity index (χ3v) is 1.51. The van der Waals surface area contributed by atoms with Gasteiger partial charge in [0.15, 0.2) is 0 Å². The second-order valence-corrected chi connectivity index (χ2v) is 5.19. The van der Waals surface area contributed by atoms with E-state index < -0.39 is 23.2 Å². The number of carbonyl (C=O) groups is 2. The zero-order chi connectivity index (χ0) is 13.0. The molecule has 0 spiro atoms. The molecule has 0 unspecified atom stereocenters. The second kappa shape index (κ2) is 5.41. The van der Waals surface area contributed by atoms with Crippen LogP contribution in [0.5, 0.6) is 0 Å². The molecule has 0 aliphatic rings. The first-order chi connectivity index (χ1) is 7.05. The Balaban J connectivity index is 4.29. The molecule has 5 heteroatoms. The van der Waals surface area contributed by atoms with Crippen molar-refractivity contribution in [3.05, 3.63) is 0 Å². The van der Waals surface area contributed by atoms with Crippen LogP contribution >= 0.6 is 0 Å². The second-order valence-electron chi connectivity index (χ2n) is 5.19. The number of ether oxygens (including phenoxy) is 2. The highest BCUT2D eigenvalue weighted by Crippen LogP contribution is 2.12. The van der Waals surface area contributed by atoms with Gasteiger partial charge in [0, 0.05) is 0 Å². The van der Waals surface area contributed by atoms with E-state index in [2.05, 4.69) is 0 Å². The summed E-state index contributed by atoms with van der Waals surface area (Å²) in [5, 5.41) is 0. The molecule has 0 aromatic carbocycles. The Kier molecular flexibility index (Phi) is 5.09. The van der Waals surface area contributed by atoms with Gasteiger partial charge >= 0.3 is 5.97 Å². The third kappa shape index (κ3) is 7.36. The van der Waals surface area contributed by atoms with Crippen molar-refractivity contribution >= 4 is 12.3 Å². The highest BCUT2D eigenvalue weighted by atomic mass is 16.6. The molecular weight excluding hydrogens is 210 g/mol. The van der Waals surface area contributed by atoms with Gasteiger partial charge < -0.3 is 20.0 Å². The lowest BCUT2D eigenvalue weighted by Gasteiger charge is -2.24. The van der Waals surface area contributed by atoms with Crippen LogP contribution in [-0.2, 0) is 19.1 Å². The lowest BCUT2D eigenvalue weighted by atomic mass is 10.1. The molecule has 94 valence electrons. The quantitative estimate of drug-likeness (QED) is 0.328. The van der Waals surface area contributed by atoms with Crippen molar-refractivity contribution in [1.82, 2.24) is 0 Å². The van der Waals surface area contributed by atoms with Crippen LogP contribution in [0.3, 0.4) is 0 Å². The highest BCUT2D eigenvalue weighted by molar-refractivity contribution is 5.88. The van der Waals surface area contributed by atoms with E-state index in [9.17, 15) is 9.59 Å². The predicted octanol–water partition coefficient (Wildman–Crippen LogP) is 0.855. The molecule has 0 bridgehead atoms. The van der Waals surface area contributed by atoms with Crippen molar-refractivity contribution < 1.29 is 19.1 Å². The number of hydrogen-bond donors (Lipinski definition) is 1. The Labute approximate surface area is 96.3 Å². The lowest BCUT2D eigenvalue weighted by Crippen LogP contribution is -2.39. The first-order valence-corrected chi connectivity index (χ1v) is 5.16. The lowest BCUT2D eigenvalue weighted by molar-refractivity contribution is -0.164. The first-order valence-electron chi connectivity index (χ1n) is 5.16. The fourth-order valence-corrected chi connectivity index (χ4v) is 0.845. The number of esters is 1. The van der Waals surface area contributed by atoms with E-state index in [1.54, 1.807) is 34.6 Å². The van der Waals surface area contributed by atoms with Gasteiger partial charge in [0.25, 0.3) is 0 Å². The molecule has 0 aromatic rings. The molecule has 16 heavy (non-hydrogen) atoms. The van der Waals surface area contributed by atoms with Gasteiger partial charge in [0.2, 0.25) is 0 Å². The summed E-state index contributed by atoms with van der Waals surface area (Å²) in [6, 6.07) is 0. The van der Waals surface area contributed by atoms with Crippen molar-refractivity contribution in [2.24, 2.45) is 11.7 Å². The van der Waals surface area contributed by atoms with Crippen molar-refractivity contribution in [3.63, 3.8) is 0 Å². The third-order valence-electron chi connectivity index (χ3n) is 1.51. The van der Waals surface area contributed by atoms with E-state index in [-0.39, 0.29) is 6.61 Å². The molecular formula is C11H21NO4. The molecule has 1 atom stereocenters. The fourth-order valence-electron chi connectivity index (χ4n) is 0.845. The molecule has 0 saturated carbocycles. The fraction of sp³-hybridized carbons (Fsp3) is 0.818. The average molecular weight is 231 g/mol. The monoisotopic (exact) mass is 231 g/mol. The van der Waals surface area contributed by atoms with Crippen LogP contribution in [0.1, 0.15) is 34.6 Å². The van der Waals surface area contributed by atoms with E-state index in [4.69, 9.17) is 15.2 Å². The van der Waals surface area contributed by atoms with Gasteiger partial charge in [-0.05, 0) is 34.6 Å². The summed E-state index contributed by atoms with van der Waals surface area (Å²) in [6.07, 6.45) is 0.514. The minimum atomic E-state index is -0.929. The Hall–Kier alpha value is -0.940. The molecule has 0 amide bonds. The average Bonchev–Trinajstić information content (AvgIpc) is 1.99. The van der Waals surface area contributed by atoms with Crippen LogP contribution in [0.15, 0.2) is 0 Å². The summed E-state index contributed by atoms with van der Waals surface area (Å²) in [5.74, 6) is -1.52. The van der Waals surface area contributed by atoms with E-state index in [1.807, 2.05) is 0 Å². The largest absolute Gasteiger partial charge is 0.459 e. The molecule has 0 heterocycles. The van der Waals surface area contributed by atoms with Gasteiger partial charge in [0.05, 0.1) is 6.61 Å². The van der Waals surface area contributed by atoms with Gasteiger partial charge in [-0.15, -0.1) is 0 Å². The maximum atomic E-state index is 11.5. The highest BCUT2D eigenvalue weighted by Gasteiger charge is 2.26. The van der Waals surface area contributed by atoms with Crippen molar-refractivity contribution in [2.45, 2.75) is 45.9 Å². The van der Waals surface area contributed by atoms with E-state index >= 15 is 0 Å². The maximum absolute atomic E-state index is 11.5. The summed E-state index contributed by atoms with van der Waals surface area (Å²) in [5.41, 5.74) is 4.09. The Morgan fingerprint density at radius 3 is 2.12 bits per heavy atom. The van der Waals surface area contributed by atoms with E-state index in [1.165, 1.54) is 0 Å². The minimum absolute atomic E-state index is 0.0675. The van der Waals surface area contributed by atoms with Gasteiger partial charge in [-0.2, -0.15) is 0 Å². The van der Waals surface area contributed by atoms with Crippen LogP contribution in [0.25, 0.3) is 0 Å². The number of carbonyl (C=O) groups excluding carboxylic acids is 2. The zero-order valence-corrected chi connectivity index (χ0v) is 10.6. The standard InChI is InChI=1S/C11H21NO4/c1-10(2,3)16-9(14)8(6-13)7-15-11(4,5)12/h6,8H,7,12H2,1-5H3/t8-/m1/s1. The summed E-state index contributed by atoms with van der Waals surface area (Å²) in [4.78, 5) is 22.3.